The second kappa shape index (κ2) is 20.8. The van der Waals surface area contributed by atoms with Gasteiger partial charge in [-0.2, -0.15) is 0 Å². The summed E-state index contributed by atoms with van der Waals surface area (Å²) >= 11 is 0. The quantitative estimate of drug-likeness (QED) is 0.144. The molecule has 0 bridgehead atoms. The molecule has 0 radical (unpaired) electrons. The average molecular weight is 1210 g/mol. The molecule has 0 N–H and O–H groups in total. The number of rotatable bonds is 9. The van der Waals surface area contributed by atoms with Crippen molar-refractivity contribution in [3.63, 3.8) is 0 Å². The standard InChI is InChI=1S/C87H53N7O/c1-5-23-54(24-6-1)59-34-19-40-73-80(59)81-60(55-25-7-2-8-26-55)35-20-41-74(81)93(73)86-84(91-69-38-16-13-31-63(69)67-52-88-49-47-71(67)91)79(58-45-46-78-66(51-58)65-33-15-18-44-77(65)95-78)85(92-70-39-17-14-32-64(70)68-53-89-50-48-72(68)92)87(90-86)94-75-42-21-36-61(56-27-9-3-10-28-56)82(75)83-62(37-22-43-76(83)94)57-29-11-4-12-30-57/h1-53H. The summed E-state index contributed by atoms with van der Waals surface area (Å²) in [6.45, 7) is 0. The van der Waals surface area contributed by atoms with Crippen LogP contribution in [0.3, 0.4) is 0 Å². The minimum Gasteiger partial charge on any atom is -0.456 e. The van der Waals surface area contributed by atoms with Crippen LogP contribution in [0.4, 0.5) is 0 Å². The summed E-state index contributed by atoms with van der Waals surface area (Å²) < 4.78 is 16.7. The fraction of sp³-hybridized carbons (Fsp3) is 0. The third-order valence-corrected chi connectivity index (χ3v) is 19.6. The number of hydrogen-bond acceptors (Lipinski definition) is 4. The summed E-state index contributed by atoms with van der Waals surface area (Å²) in [5.74, 6) is 1.45. The highest BCUT2D eigenvalue weighted by Gasteiger charge is 2.34. The topological polar surface area (TPSA) is 71.5 Å². The van der Waals surface area contributed by atoms with Crippen molar-refractivity contribution in [1.29, 1.82) is 0 Å². The molecule has 0 aliphatic carbocycles. The zero-order chi connectivity index (χ0) is 62.2. The van der Waals surface area contributed by atoms with E-state index in [9.17, 15) is 0 Å². The second-order valence-electron chi connectivity index (χ2n) is 24.6. The van der Waals surface area contributed by atoms with Gasteiger partial charge in [0.15, 0.2) is 11.6 Å². The van der Waals surface area contributed by atoms with Crippen LogP contribution < -0.4 is 0 Å². The first-order valence-electron chi connectivity index (χ1n) is 32.2. The molecule has 0 fully saturated rings. The molecule has 8 heterocycles. The Balaban J connectivity index is 1.10. The SMILES string of the molecule is c1ccc(-c2cccc3c2c2c(-c4ccccc4)cccc2n3-c2nc(-n3c4cccc(-c5ccccc5)c4c4c(-c5ccccc5)cccc43)c(-n3c4ccccc4c4cnccc43)c(-c3ccc4oc5ccccc5c4c3)c2-n2c3ccccc3c3cnccc32)cc1. The van der Waals surface area contributed by atoms with Crippen LogP contribution in [-0.4, -0.2) is 33.2 Å². The smallest absolute Gasteiger partial charge is 0.165 e. The number of furan rings is 1. The zero-order valence-corrected chi connectivity index (χ0v) is 51.1. The van der Waals surface area contributed by atoms with Crippen LogP contribution in [0.1, 0.15) is 0 Å². The van der Waals surface area contributed by atoms with Crippen molar-refractivity contribution in [3.05, 3.63) is 322 Å². The summed E-state index contributed by atoms with van der Waals surface area (Å²) in [6, 6.07) is 108. The maximum Gasteiger partial charge on any atom is 0.165 e. The molecule has 0 spiro atoms. The molecule has 95 heavy (non-hydrogen) atoms. The lowest BCUT2D eigenvalue weighted by Crippen LogP contribution is -2.16. The molecule has 0 saturated heterocycles. The molecule has 0 aliphatic rings. The van der Waals surface area contributed by atoms with Gasteiger partial charge in [0.25, 0.3) is 0 Å². The highest BCUT2D eigenvalue weighted by atomic mass is 16.3. The van der Waals surface area contributed by atoms with E-state index in [-0.39, 0.29) is 0 Å². The van der Waals surface area contributed by atoms with Gasteiger partial charge in [0.05, 0.1) is 44.1 Å². The van der Waals surface area contributed by atoms with Crippen molar-refractivity contribution >= 4 is 109 Å². The maximum absolute atomic E-state index is 6.78. The number of hydrogen-bond donors (Lipinski definition) is 0. The van der Waals surface area contributed by atoms with Crippen molar-refractivity contribution < 1.29 is 4.42 Å². The van der Waals surface area contributed by atoms with Crippen molar-refractivity contribution in [3.8, 4) is 78.6 Å². The van der Waals surface area contributed by atoms with Gasteiger partial charge in [-0.1, -0.05) is 231 Å². The molecule has 8 nitrogen and oxygen atoms in total. The Morgan fingerprint density at radius 2 is 0.589 bits per heavy atom. The summed E-state index contributed by atoms with van der Waals surface area (Å²) in [5.41, 5.74) is 22.2. The number of aromatic nitrogens is 7. The lowest BCUT2D eigenvalue weighted by Gasteiger charge is -2.27. The van der Waals surface area contributed by atoms with Crippen molar-refractivity contribution in [2.75, 3.05) is 0 Å². The molecule has 442 valence electrons. The molecule has 8 aromatic heterocycles. The predicted octanol–water partition coefficient (Wildman–Crippen LogP) is 22.5. The van der Waals surface area contributed by atoms with Gasteiger partial charge in [0, 0.05) is 84.2 Å². The Morgan fingerprint density at radius 1 is 0.242 bits per heavy atom. The lowest BCUT2D eigenvalue weighted by atomic mass is 9.95. The average Bonchev–Trinajstić information content (AvgIpc) is 1.57. The molecule has 20 rings (SSSR count). The molecule has 0 amide bonds. The molecule has 0 unspecified atom stereocenters. The molecule has 0 atom stereocenters. The van der Waals surface area contributed by atoms with E-state index < -0.39 is 0 Å². The second-order valence-corrected chi connectivity index (χ2v) is 24.6. The molecule has 20 aromatic rings. The van der Waals surface area contributed by atoms with Gasteiger partial charge in [-0.25, -0.2) is 4.98 Å². The van der Waals surface area contributed by atoms with Crippen LogP contribution in [0.15, 0.2) is 326 Å². The highest BCUT2D eigenvalue weighted by molar-refractivity contribution is 6.24. The van der Waals surface area contributed by atoms with Crippen LogP contribution in [-0.2, 0) is 0 Å². The predicted molar refractivity (Wildman–Crippen MR) is 392 cm³/mol. The Labute approximate surface area is 544 Å². The van der Waals surface area contributed by atoms with E-state index in [4.69, 9.17) is 19.4 Å². The van der Waals surface area contributed by atoms with Crippen LogP contribution in [0.25, 0.3) is 188 Å². The number of benzene rings is 12. The van der Waals surface area contributed by atoms with Crippen molar-refractivity contribution in [1.82, 2.24) is 33.2 Å². The first kappa shape index (κ1) is 52.8. The van der Waals surface area contributed by atoms with E-state index in [1.54, 1.807) is 0 Å². The Morgan fingerprint density at radius 3 is 1.01 bits per heavy atom. The van der Waals surface area contributed by atoms with E-state index in [2.05, 4.69) is 309 Å². The first-order valence-corrected chi connectivity index (χ1v) is 32.2. The zero-order valence-electron chi connectivity index (χ0n) is 51.1. The lowest BCUT2D eigenvalue weighted by molar-refractivity contribution is 0.669. The normalized spacial score (nSPS) is 12.0. The third-order valence-electron chi connectivity index (χ3n) is 19.6. The molecular formula is C87H53N7O. The monoisotopic (exact) mass is 1210 g/mol. The molecular weight excluding hydrogens is 1160 g/mol. The van der Waals surface area contributed by atoms with Crippen molar-refractivity contribution in [2.45, 2.75) is 0 Å². The molecule has 0 aliphatic heterocycles. The van der Waals surface area contributed by atoms with E-state index in [1.165, 1.54) is 0 Å². The van der Waals surface area contributed by atoms with Crippen LogP contribution >= 0.6 is 0 Å². The fourth-order valence-electron chi connectivity index (χ4n) is 15.7. The summed E-state index contributed by atoms with van der Waals surface area (Å²) in [6.07, 6.45) is 7.89. The van der Waals surface area contributed by atoms with E-state index in [0.29, 0.717) is 0 Å². The molecule has 0 saturated carbocycles. The van der Waals surface area contributed by atoms with Gasteiger partial charge in [-0.3, -0.25) is 19.1 Å². The number of fused-ring (bicyclic) bond motifs is 15. The minimum absolute atomic E-state index is 0.724. The van der Waals surface area contributed by atoms with Gasteiger partial charge >= 0.3 is 0 Å². The van der Waals surface area contributed by atoms with Gasteiger partial charge in [-0.15, -0.1) is 0 Å². The van der Waals surface area contributed by atoms with Crippen LogP contribution in [0.5, 0.6) is 0 Å². The van der Waals surface area contributed by atoms with E-state index in [1.807, 2.05) is 30.9 Å². The fourth-order valence-corrected chi connectivity index (χ4v) is 15.7. The van der Waals surface area contributed by atoms with Gasteiger partial charge in [0.2, 0.25) is 0 Å². The van der Waals surface area contributed by atoms with Gasteiger partial charge < -0.3 is 13.6 Å². The highest BCUT2D eigenvalue weighted by Crippen LogP contribution is 2.52. The van der Waals surface area contributed by atoms with Gasteiger partial charge in [-0.05, 0) is 117 Å². The Hall–Kier alpha value is -12.9. The van der Waals surface area contributed by atoms with Gasteiger partial charge in [0.1, 0.15) is 22.5 Å². The summed E-state index contributed by atoms with van der Waals surface area (Å²) in [7, 11) is 0. The largest absolute Gasteiger partial charge is 0.456 e. The number of pyridine rings is 3. The summed E-state index contributed by atoms with van der Waals surface area (Å²) in [4.78, 5) is 16.5. The molecule has 8 heteroatoms. The number of para-hydroxylation sites is 3. The summed E-state index contributed by atoms with van der Waals surface area (Å²) in [5, 5.41) is 10.7. The first-order chi connectivity index (χ1) is 47.2. The van der Waals surface area contributed by atoms with Crippen molar-refractivity contribution in [2.24, 2.45) is 0 Å². The maximum atomic E-state index is 6.78. The Bertz CT molecular complexity index is 5880. The van der Waals surface area contributed by atoms with Crippen LogP contribution in [0, 0.1) is 0 Å². The molecule has 12 aromatic carbocycles. The van der Waals surface area contributed by atoms with E-state index >= 15 is 0 Å². The third kappa shape index (κ3) is 7.80. The Kier molecular flexibility index (Phi) is 11.6. The minimum atomic E-state index is 0.724. The number of nitrogens with zero attached hydrogens (tertiary/aromatic N) is 7. The van der Waals surface area contributed by atoms with E-state index in [0.717, 1.165) is 188 Å². The van der Waals surface area contributed by atoms with Crippen LogP contribution in [0.2, 0.25) is 0 Å².